The van der Waals surface area contributed by atoms with Crippen molar-refractivity contribution in [1.82, 2.24) is 4.57 Å². The molecule has 0 fully saturated rings. The lowest BCUT2D eigenvalue weighted by Crippen LogP contribution is -2.34. The summed E-state index contributed by atoms with van der Waals surface area (Å²) in [6.07, 6.45) is 1.61. The summed E-state index contributed by atoms with van der Waals surface area (Å²) < 4.78 is 21.7. The number of halogens is 1. The van der Waals surface area contributed by atoms with Crippen molar-refractivity contribution in [3.63, 3.8) is 0 Å². The lowest BCUT2D eigenvalue weighted by Gasteiger charge is -2.22. The fourth-order valence-corrected chi connectivity index (χ4v) is 5.15. The molecule has 0 aliphatic heterocycles. The summed E-state index contributed by atoms with van der Waals surface area (Å²) in [6.45, 7) is 2.64. The molecule has 1 atom stereocenters. The van der Waals surface area contributed by atoms with Gasteiger partial charge in [-0.15, -0.1) is 0 Å². The number of anilines is 1. The second-order valence-electron chi connectivity index (χ2n) is 10.5. The largest absolute Gasteiger partial charge is 0.519 e. The Hall–Kier alpha value is -5.68. The third kappa shape index (κ3) is 7.59. The molecule has 240 valence electrons. The number of nitrogens with one attached hydrogen (secondary N) is 1. The van der Waals surface area contributed by atoms with Crippen LogP contribution in [-0.2, 0) is 22.6 Å². The number of pyridine rings is 1. The van der Waals surface area contributed by atoms with Gasteiger partial charge in [0, 0.05) is 34.3 Å². The first-order chi connectivity index (χ1) is 22.5. The first kappa shape index (κ1) is 32.7. The number of esters is 1. The number of aromatic nitrogens is 1. The van der Waals surface area contributed by atoms with Gasteiger partial charge >= 0.3 is 11.8 Å². The molecule has 1 N–H and O–H groups in total. The van der Waals surface area contributed by atoms with E-state index >= 15 is 0 Å². The number of aryl methyl sites for hydroxylation is 1. The average molecular weight is 657 g/mol. The highest BCUT2D eigenvalue weighted by Crippen LogP contribution is 2.34. The number of ketones is 1. The highest BCUT2D eigenvalue weighted by atomic mass is 35.5. The maximum Gasteiger partial charge on any atom is 0.519 e. The Kier molecular flexibility index (Phi) is 9.86. The van der Waals surface area contributed by atoms with Gasteiger partial charge in [0.1, 0.15) is 11.8 Å². The molecule has 0 aliphatic rings. The number of carbonyl (C=O) groups is 3. The maximum absolute atomic E-state index is 13.8. The first-order valence-corrected chi connectivity index (χ1v) is 14.7. The summed E-state index contributed by atoms with van der Waals surface area (Å²) in [5.74, 6) is -1.72. The highest BCUT2D eigenvalue weighted by molar-refractivity contribution is 6.31. The molecule has 3 aromatic carbocycles. The summed E-state index contributed by atoms with van der Waals surface area (Å²) in [4.78, 5) is 63.6. The zero-order valence-corrected chi connectivity index (χ0v) is 26.3. The molecule has 0 bridgehead atoms. The number of Topliss-reactive ketones (excluding diaryl/α,β-unsaturated/α-hetero) is 1. The fraction of sp³-hybridized carbons (Fsp3) is 0.171. The number of ether oxygens (including phenoxy) is 2. The normalized spacial score (nSPS) is 11.5. The lowest BCUT2D eigenvalue weighted by molar-refractivity contribution is -0.119. The molecule has 12 heteroatoms. The van der Waals surface area contributed by atoms with Crippen LogP contribution in [0.1, 0.15) is 50.8 Å². The van der Waals surface area contributed by atoms with E-state index in [-0.39, 0.29) is 41.6 Å². The molecule has 0 radical (unpaired) electrons. The minimum absolute atomic E-state index is 0.100. The molecule has 0 aliphatic carbocycles. The van der Waals surface area contributed by atoms with Gasteiger partial charge in [0.15, 0.2) is 23.9 Å². The van der Waals surface area contributed by atoms with Crippen molar-refractivity contribution in [3.05, 3.63) is 139 Å². The van der Waals surface area contributed by atoms with E-state index in [0.29, 0.717) is 27.4 Å². The van der Waals surface area contributed by atoms with Gasteiger partial charge in [-0.25, -0.2) is 9.59 Å². The van der Waals surface area contributed by atoms with Crippen molar-refractivity contribution < 1.29 is 32.7 Å². The second kappa shape index (κ2) is 14.2. The average Bonchev–Trinajstić information content (AvgIpc) is 3.39. The number of amides is 1. The number of hydrogen-bond donors (Lipinski definition) is 1. The number of benzene rings is 3. The van der Waals surface area contributed by atoms with Gasteiger partial charge < -0.3 is 23.6 Å². The predicted molar refractivity (Wildman–Crippen MR) is 173 cm³/mol. The van der Waals surface area contributed by atoms with Crippen molar-refractivity contribution in [2.24, 2.45) is 0 Å². The van der Waals surface area contributed by atoms with Crippen molar-refractivity contribution in [2.45, 2.75) is 32.9 Å². The van der Waals surface area contributed by atoms with Crippen LogP contribution < -0.4 is 21.4 Å². The van der Waals surface area contributed by atoms with Crippen molar-refractivity contribution in [1.29, 1.82) is 0 Å². The third-order valence-corrected chi connectivity index (χ3v) is 7.62. The van der Waals surface area contributed by atoms with Gasteiger partial charge in [0.05, 0.1) is 18.9 Å². The van der Waals surface area contributed by atoms with Gasteiger partial charge in [0.25, 0.3) is 5.56 Å². The van der Waals surface area contributed by atoms with E-state index < -0.39 is 29.3 Å². The summed E-state index contributed by atoms with van der Waals surface area (Å²) in [5.41, 5.74) is 1.99. The zero-order chi connectivity index (χ0) is 33.7. The summed E-state index contributed by atoms with van der Waals surface area (Å²) in [5, 5.41) is 3.20. The van der Waals surface area contributed by atoms with Gasteiger partial charge in [-0.3, -0.25) is 19.0 Å². The van der Waals surface area contributed by atoms with Crippen LogP contribution in [0.25, 0.3) is 11.1 Å². The molecule has 11 nitrogen and oxygen atoms in total. The Morgan fingerprint density at radius 1 is 0.936 bits per heavy atom. The molecule has 0 saturated carbocycles. The van der Waals surface area contributed by atoms with Crippen molar-refractivity contribution >= 4 is 34.9 Å². The van der Waals surface area contributed by atoms with Crippen LogP contribution in [0.15, 0.2) is 103 Å². The molecule has 5 rings (SSSR count). The summed E-state index contributed by atoms with van der Waals surface area (Å²) >= 11 is 6.24. The van der Waals surface area contributed by atoms with E-state index in [2.05, 4.69) is 5.32 Å². The molecule has 1 amide bonds. The quantitative estimate of drug-likeness (QED) is 0.133. The number of hydrogen-bond acceptors (Lipinski definition) is 9. The Labute approximate surface area is 273 Å². The molecule has 2 aromatic heterocycles. The molecule has 2 heterocycles. The van der Waals surface area contributed by atoms with Gasteiger partial charge in [-0.1, -0.05) is 41.9 Å². The van der Waals surface area contributed by atoms with Crippen molar-refractivity contribution in [3.8, 4) is 16.9 Å². The number of methoxy groups -OCH3 is 1. The second-order valence-corrected chi connectivity index (χ2v) is 11.0. The number of carbonyl (C=O) groups excluding carboxylic acids is 3. The van der Waals surface area contributed by atoms with E-state index in [4.69, 9.17) is 29.9 Å². The molecule has 5 aromatic rings. The number of nitrogens with zero attached hydrogens (tertiary/aromatic N) is 1. The van der Waals surface area contributed by atoms with Crippen LogP contribution in [0.5, 0.6) is 5.75 Å². The van der Waals surface area contributed by atoms with E-state index in [0.717, 1.165) is 5.56 Å². The van der Waals surface area contributed by atoms with Crippen LogP contribution in [-0.4, -0.2) is 29.3 Å². The Morgan fingerprint density at radius 3 is 2.30 bits per heavy atom. The fourth-order valence-electron chi connectivity index (χ4n) is 4.98. The maximum atomic E-state index is 13.8. The van der Waals surface area contributed by atoms with E-state index in [1.807, 2.05) is 30.3 Å². The van der Waals surface area contributed by atoms with Gasteiger partial charge in [-0.2, -0.15) is 0 Å². The van der Waals surface area contributed by atoms with E-state index in [1.54, 1.807) is 18.2 Å². The Morgan fingerprint density at radius 2 is 1.66 bits per heavy atom. The summed E-state index contributed by atoms with van der Waals surface area (Å²) in [6, 6.07) is 20.2. The highest BCUT2D eigenvalue weighted by Gasteiger charge is 2.25. The number of rotatable bonds is 11. The van der Waals surface area contributed by atoms with Gasteiger partial charge in [-0.05, 0) is 67.4 Å². The van der Waals surface area contributed by atoms with Crippen LogP contribution in [0, 0.1) is 6.92 Å². The summed E-state index contributed by atoms with van der Waals surface area (Å²) in [7, 11) is 1.43. The van der Waals surface area contributed by atoms with E-state index in [1.165, 1.54) is 62.1 Å². The zero-order valence-electron chi connectivity index (χ0n) is 25.6. The molecule has 0 saturated heterocycles. The molecular formula is C35H29ClN2O9. The standard InChI is InChI=1S/C35H29ClN2O9/c1-20(39)26-14-11-24(36)16-27(26)28-17-32(40)38(18-30(28)44-3)29(15-22-7-5-4-6-8-22)33(41)37-25-12-9-23(10-13-25)34(42)45-19-31-21(2)46-35(43)47-31/h4-14,16-18,29H,15,19H2,1-3H3,(H,37,41)/t29-/m1/s1. The first-order valence-electron chi connectivity index (χ1n) is 14.4. The molecule has 0 unspecified atom stereocenters. The predicted octanol–water partition coefficient (Wildman–Crippen LogP) is 6.01. The topological polar surface area (TPSA) is 147 Å². The Bertz CT molecular complexity index is 2060. The smallest absolute Gasteiger partial charge is 0.495 e. The third-order valence-electron chi connectivity index (χ3n) is 7.38. The van der Waals surface area contributed by atoms with Crippen LogP contribution in [0.2, 0.25) is 5.02 Å². The molecule has 0 spiro atoms. The minimum atomic E-state index is -1.02. The van der Waals surface area contributed by atoms with Crippen LogP contribution in [0.4, 0.5) is 5.69 Å². The van der Waals surface area contributed by atoms with Crippen LogP contribution in [0.3, 0.4) is 0 Å². The van der Waals surface area contributed by atoms with Gasteiger partial charge in [0.2, 0.25) is 5.91 Å². The van der Waals surface area contributed by atoms with Crippen LogP contribution >= 0.6 is 11.6 Å². The Balaban J connectivity index is 1.42. The lowest BCUT2D eigenvalue weighted by atomic mass is 9.97. The minimum Gasteiger partial charge on any atom is -0.495 e. The molecule has 47 heavy (non-hydrogen) atoms. The van der Waals surface area contributed by atoms with E-state index in [9.17, 15) is 24.0 Å². The SMILES string of the molecule is COc1cn([C@H](Cc2ccccc2)C(=O)Nc2ccc(C(=O)OCc3oc(=O)oc3C)cc2)c(=O)cc1-c1cc(Cl)ccc1C(C)=O. The monoisotopic (exact) mass is 656 g/mol. The molecular weight excluding hydrogens is 628 g/mol. The van der Waals surface area contributed by atoms with Crippen molar-refractivity contribution in [2.75, 3.05) is 12.4 Å².